The topological polar surface area (TPSA) is 69.6 Å². The lowest BCUT2D eigenvalue weighted by Crippen LogP contribution is -2.52. The number of urea groups is 1. The molecule has 0 unspecified atom stereocenters. The first kappa shape index (κ1) is 16.0. The smallest absolute Gasteiger partial charge is 0.323 e. The zero-order valence-electron chi connectivity index (χ0n) is 11.1. The van der Waals surface area contributed by atoms with Gasteiger partial charge in [0.1, 0.15) is 6.54 Å². The van der Waals surface area contributed by atoms with Gasteiger partial charge in [-0.2, -0.15) is 0 Å². The number of amides is 2. The summed E-state index contributed by atoms with van der Waals surface area (Å²) in [6.07, 6.45) is 0. The number of thiophene rings is 1. The Morgan fingerprint density at radius 2 is 2.05 bits per heavy atom. The van der Waals surface area contributed by atoms with Gasteiger partial charge in [-0.1, -0.05) is 0 Å². The third-order valence-corrected chi connectivity index (χ3v) is 4.01. The third kappa shape index (κ3) is 5.20. The quantitative estimate of drug-likeness (QED) is 0.878. The van der Waals surface area contributed by atoms with Crippen molar-refractivity contribution in [2.45, 2.75) is 32.9 Å². The largest absolute Gasteiger partial charge is 0.480 e. The SMILES string of the molecule is CC(C)(C)N(CC(=O)O)C(=O)NCc1ccc(Br)s1. The summed E-state index contributed by atoms with van der Waals surface area (Å²) in [6.45, 7) is 5.48. The highest BCUT2D eigenvalue weighted by molar-refractivity contribution is 9.11. The molecule has 0 saturated heterocycles. The molecule has 0 saturated carbocycles. The summed E-state index contributed by atoms with van der Waals surface area (Å²) >= 11 is 4.88. The highest BCUT2D eigenvalue weighted by atomic mass is 79.9. The Morgan fingerprint density at radius 1 is 1.42 bits per heavy atom. The number of hydrogen-bond donors (Lipinski definition) is 2. The van der Waals surface area contributed by atoms with Gasteiger partial charge in [0.25, 0.3) is 0 Å². The molecule has 0 atom stereocenters. The molecule has 0 aliphatic heterocycles. The maximum atomic E-state index is 12.0. The minimum Gasteiger partial charge on any atom is -0.480 e. The van der Waals surface area contributed by atoms with Crippen LogP contribution in [-0.4, -0.2) is 34.1 Å². The fourth-order valence-corrected chi connectivity index (χ4v) is 2.88. The average molecular weight is 349 g/mol. The molecule has 1 heterocycles. The number of carbonyl (C=O) groups excluding carboxylic acids is 1. The van der Waals surface area contributed by atoms with Crippen LogP contribution in [0.4, 0.5) is 4.79 Å². The van der Waals surface area contributed by atoms with E-state index in [2.05, 4.69) is 21.2 Å². The lowest BCUT2D eigenvalue weighted by atomic mass is 10.1. The van der Waals surface area contributed by atoms with Gasteiger partial charge in [0, 0.05) is 10.4 Å². The molecule has 0 fully saturated rings. The van der Waals surface area contributed by atoms with E-state index in [4.69, 9.17) is 5.11 Å². The van der Waals surface area contributed by atoms with E-state index in [-0.39, 0.29) is 12.6 Å². The van der Waals surface area contributed by atoms with Crippen molar-refractivity contribution in [3.05, 3.63) is 20.8 Å². The second-order valence-corrected chi connectivity index (χ2v) is 7.56. The van der Waals surface area contributed by atoms with Gasteiger partial charge in [-0.25, -0.2) is 4.79 Å². The van der Waals surface area contributed by atoms with Crippen molar-refractivity contribution in [2.75, 3.05) is 6.54 Å². The van der Waals surface area contributed by atoms with E-state index in [9.17, 15) is 9.59 Å². The zero-order chi connectivity index (χ0) is 14.6. The van der Waals surface area contributed by atoms with E-state index in [1.54, 1.807) is 20.8 Å². The van der Waals surface area contributed by atoms with E-state index < -0.39 is 11.5 Å². The molecule has 106 valence electrons. The fourth-order valence-electron chi connectivity index (χ4n) is 1.45. The second-order valence-electron chi connectivity index (χ2n) is 5.02. The Balaban J connectivity index is 2.64. The summed E-state index contributed by atoms with van der Waals surface area (Å²) in [6, 6.07) is 3.44. The minimum atomic E-state index is -1.02. The molecule has 0 radical (unpaired) electrons. The van der Waals surface area contributed by atoms with Crippen molar-refractivity contribution in [1.29, 1.82) is 0 Å². The van der Waals surface area contributed by atoms with Crippen LogP contribution < -0.4 is 5.32 Å². The van der Waals surface area contributed by atoms with Gasteiger partial charge in [0.15, 0.2) is 0 Å². The van der Waals surface area contributed by atoms with Crippen LogP contribution in [0.1, 0.15) is 25.6 Å². The number of nitrogens with one attached hydrogen (secondary N) is 1. The molecule has 19 heavy (non-hydrogen) atoms. The normalized spacial score (nSPS) is 11.2. The molecule has 5 nitrogen and oxygen atoms in total. The van der Waals surface area contributed by atoms with Gasteiger partial charge in [0.05, 0.1) is 10.3 Å². The molecule has 2 amide bonds. The van der Waals surface area contributed by atoms with Gasteiger partial charge in [0.2, 0.25) is 0 Å². The Bertz CT molecular complexity index is 468. The summed E-state index contributed by atoms with van der Waals surface area (Å²) in [5.41, 5.74) is -0.543. The minimum absolute atomic E-state index is 0.316. The number of nitrogens with zero attached hydrogens (tertiary/aromatic N) is 1. The van der Waals surface area contributed by atoms with Gasteiger partial charge >= 0.3 is 12.0 Å². The van der Waals surface area contributed by atoms with Crippen molar-refractivity contribution in [1.82, 2.24) is 10.2 Å². The number of carboxylic acids is 1. The van der Waals surface area contributed by atoms with Crippen molar-refractivity contribution >= 4 is 39.3 Å². The van der Waals surface area contributed by atoms with E-state index in [1.807, 2.05) is 12.1 Å². The standard InChI is InChI=1S/C12H17BrN2O3S/c1-12(2,3)15(7-10(16)17)11(18)14-6-8-4-5-9(13)19-8/h4-5H,6-7H2,1-3H3,(H,14,18)(H,16,17). The molecule has 1 aromatic rings. The van der Waals surface area contributed by atoms with Crippen LogP contribution in [0.5, 0.6) is 0 Å². The Morgan fingerprint density at radius 3 is 2.47 bits per heavy atom. The van der Waals surface area contributed by atoms with Crippen LogP contribution >= 0.6 is 27.3 Å². The van der Waals surface area contributed by atoms with Crippen LogP contribution in [0.25, 0.3) is 0 Å². The number of halogens is 1. The van der Waals surface area contributed by atoms with E-state index >= 15 is 0 Å². The predicted molar refractivity (Wildman–Crippen MR) is 78.3 cm³/mol. The van der Waals surface area contributed by atoms with Gasteiger partial charge in [-0.05, 0) is 48.8 Å². The molecule has 0 aliphatic rings. The van der Waals surface area contributed by atoms with Crippen LogP contribution in [0.2, 0.25) is 0 Å². The molecule has 2 N–H and O–H groups in total. The Labute approximate surface area is 124 Å². The second kappa shape index (κ2) is 6.38. The third-order valence-electron chi connectivity index (χ3n) is 2.39. The lowest BCUT2D eigenvalue weighted by molar-refractivity contribution is -0.138. The first-order valence-electron chi connectivity index (χ1n) is 5.71. The van der Waals surface area contributed by atoms with Crippen LogP contribution in [0.15, 0.2) is 15.9 Å². The van der Waals surface area contributed by atoms with E-state index in [1.165, 1.54) is 16.2 Å². The maximum Gasteiger partial charge on any atom is 0.323 e. The maximum absolute atomic E-state index is 12.0. The van der Waals surface area contributed by atoms with Crippen LogP contribution in [0, 0.1) is 0 Å². The number of hydrogen-bond acceptors (Lipinski definition) is 3. The van der Waals surface area contributed by atoms with Gasteiger partial charge in [-0.3, -0.25) is 4.79 Å². The molecule has 0 aromatic carbocycles. The highest BCUT2D eigenvalue weighted by Gasteiger charge is 2.28. The molecule has 0 aliphatic carbocycles. The Kier molecular flexibility index (Phi) is 5.37. The van der Waals surface area contributed by atoms with Gasteiger partial charge in [-0.15, -0.1) is 11.3 Å². The predicted octanol–water partition coefficient (Wildman–Crippen LogP) is 2.91. The molecular weight excluding hydrogens is 332 g/mol. The Hall–Kier alpha value is -1.08. The van der Waals surface area contributed by atoms with Crippen molar-refractivity contribution in [3.8, 4) is 0 Å². The van der Waals surface area contributed by atoms with Crippen LogP contribution in [-0.2, 0) is 11.3 Å². The molecule has 0 spiro atoms. The molecule has 1 rings (SSSR count). The highest BCUT2D eigenvalue weighted by Crippen LogP contribution is 2.22. The first-order chi connectivity index (χ1) is 8.70. The van der Waals surface area contributed by atoms with Crippen LogP contribution in [0.3, 0.4) is 0 Å². The van der Waals surface area contributed by atoms with Crippen molar-refractivity contribution < 1.29 is 14.7 Å². The number of carbonyl (C=O) groups is 2. The number of aliphatic carboxylic acids is 1. The molecule has 7 heteroatoms. The van der Waals surface area contributed by atoms with Crippen molar-refractivity contribution in [2.24, 2.45) is 0 Å². The molecular formula is C12H17BrN2O3S. The molecule has 1 aromatic heterocycles. The number of carboxylic acid groups (broad SMARTS) is 1. The summed E-state index contributed by atoms with van der Waals surface area (Å²) in [5, 5.41) is 11.6. The summed E-state index contributed by atoms with van der Waals surface area (Å²) in [4.78, 5) is 25.2. The monoisotopic (exact) mass is 348 g/mol. The summed E-state index contributed by atoms with van der Waals surface area (Å²) < 4.78 is 0.995. The molecule has 0 bridgehead atoms. The van der Waals surface area contributed by atoms with Gasteiger partial charge < -0.3 is 15.3 Å². The fraction of sp³-hybridized carbons (Fsp3) is 0.500. The van der Waals surface area contributed by atoms with E-state index in [0.717, 1.165) is 8.66 Å². The summed E-state index contributed by atoms with van der Waals surface area (Å²) in [7, 11) is 0. The average Bonchev–Trinajstić information content (AvgIpc) is 2.67. The summed E-state index contributed by atoms with van der Waals surface area (Å²) in [5.74, 6) is -1.02. The number of rotatable bonds is 4. The zero-order valence-corrected chi connectivity index (χ0v) is 13.5. The lowest BCUT2D eigenvalue weighted by Gasteiger charge is -2.34. The first-order valence-corrected chi connectivity index (χ1v) is 7.32. The van der Waals surface area contributed by atoms with E-state index in [0.29, 0.717) is 6.54 Å². The van der Waals surface area contributed by atoms with Crippen molar-refractivity contribution in [3.63, 3.8) is 0 Å².